The molecule has 0 heterocycles. The first-order valence-electron chi connectivity index (χ1n) is 7.82. The molecular weight excluding hydrogens is 362 g/mol. The zero-order valence-corrected chi connectivity index (χ0v) is 15.6. The monoisotopic (exact) mass is 381 g/mol. The second-order valence-electron chi connectivity index (χ2n) is 5.69. The summed E-state index contributed by atoms with van der Waals surface area (Å²) in [6, 6.07) is 10.5. The van der Waals surface area contributed by atoms with Crippen molar-refractivity contribution in [3.63, 3.8) is 0 Å². The highest BCUT2D eigenvalue weighted by atomic mass is 35.5. The van der Waals surface area contributed by atoms with Crippen LogP contribution in [-0.2, 0) is 21.0 Å². The van der Waals surface area contributed by atoms with Crippen molar-refractivity contribution in [3.05, 3.63) is 58.6 Å². The Labute approximate surface area is 152 Å². The van der Waals surface area contributed by atoms with Gasteiger partial charge in [-0.05, 0) is 56.2 Å². The van der Waals surface area contributed by atoms with Crippen LogP contribution in [0.3, 0.4) is 0 Å². The number of carbonyl (C=O) groups excluding carboxylic acids is 1. The van der Waals surface area contributed by atoms with Crippen LogP contribution in [0.15, 0.2) is 52.3 Å². The molecule has 2 rings (SSSR count). The average molecular weight is 382 g/mol. The molecule has 0 saturated carbocycles. The van der Waals surface area contributed by atoms with Gasteiger partial charge in [0.05, 0.1) is 27.0 Å². The predicted molar refractivity (Wildman–Crippen MR) is 96.7 cm³/mol. The van der Waals surface area contributed by atoms with Crippen LogP contribution < -0.4 is 5.73 Å². The van der Waals surface area contributed by atoms with Crippen LogP contribution in [0, 0.1) is 0 Å². The first-order chi connectivity index (χ1) is 11.8. The van der Waals surface area contributed by atoms with Crippen LogP contribution >= 0.6 is 11.6 Å². The molecule has 5 nitrogen and oxygen atoms in total. The van der Waals surface area contributed by atoms with Gasteiger partial charge in [-0.1, -0.05) is 23.7 Å². The second-order valence-corrected chi connectivity index (χ2v) is 8.02. The lowest BCUT2D eigenvalue weighted by Gasteiger charge is -2.10. The molecule has 1 unspecified atom stereocenters. The highest BCUT2D eigenvalue weighted by molar-refractivity contribution is 7.91. The van der Waals surface area contributed by atoms with E-state index in [9.17, 15) is 13.2 Å². The van der Waals surface area contributed by atoms with Crippen molar-refractivity contribution in [1.29, 1.82) is 0 Å². The first-order valence-corrected chi connectivity index (χ1v) is 9.68. The van der Waals surface area contributed by atoms with Gasteiger partial charge in [0.1, 0.15) is 0 Å². The topological polar surface area (TPSA) is 86.5 Å². The third kappa shape index (κ3) is 4.60. The molecule has 2 aromatic carbocycles. The van der Waals surface area contributed by atoms with E-state index >= 15 is 0 Å². The third-order valence-electron chi connectivity index (χ3n) is 3.52. The Hall–Kier alpha value is -1.89. The zero-order chi connectivity index (χ0) is 18.6. The van der Waals surface area contributed by atoms with Crippen LogP contribution in [0.4, 0.5) is 0 Å². The van der Waals surface area contributed by atoms with Gasteiger partial charge in [0.15, 0.2) is 0 Å². The van der Waals surface area contributed by atoms with E-state index in [1.807, 2.05) is 6.92 Å². The largest absolute Gasteiger partial charge is 0.462 e. The molecule has 0 aliphatic heterocycles. The standard InChI is InChI=1S/C18H20ClNO4S/c1-3-24-18(21)14-6-9-17(16(19)11-14)25(22,23)15-7-4-13(5-8-15)10-12(2)20/h4-9,11-12H,3,10,20H2,1-2H3. The Kier molecular flexibility index (Phi) is 6.21. The number of rotatable bonds is 6. The van der Waals surface area contributed by atoms with Crippen molar-refractivity contribution in [2.45, 2.75) is 36.1 Å². The number of benzene rings is 2. The molecule has 0 aromatic heterocycles. The lowest BCUT2D eigenvalue weighted by molar-refractivity contribution is 0.0526. The maximum atomic E-state index is 12.8. The van der Waals surface area contributed by atoms with E-state index < -0.39 is 15.8 Å². The SMILES string of the molecule is CCOC(=O)c1ccc(S(=O)(=O)c2ccc(CC(C)N)cc2)c(Cl)c1. The fourth-order valence-corrected chi connectivity index (χ4v) is 4.16. The second kappa shape index (κ2) is 7.99. The molecule has 0 amide bonds. The molecule has 0 fully saturated rings. The highest BCUT2D eigenvalue weighted by Crippen LogP contribution is 2.29. The predicted octanol–water partition coefficient (Wildman–Crippen LogP) is 3.24. The van der Waals surface area contributed by atoms with Crippen molar-refractivity contribution < 1.29 is 17.9 Å². The third-order valence-corrected chi connectivity index (χ3v) is 5.78. The van der Waals surface area contributed by atoms with Gasteiger partial charge >= 0.3 is 5.97 Å². The van der Waals surface area contributed by atoms with E-state index in [2.05, 4.69) is 0 Å². The van der Waals surface area contributed by atoms with Crippen LogP contribution in [0.1, 0.15) is 29.8 Å². The maximum absolute atomic E-state index is 12.8. The average Bonchev–Trinajstić information content (AvgIpc) is 2.54. The number of carbonyl (C=O) groups is 1. The van der Waals surface area contributed by atoms with E-state index in [0.717, 1.165) is 5.56 Å². The Morgan fingerprint density at radius 2 is 1.84 bits per heavy atom. The van der Waals surface area contributed by atoms with Crippen molar-refractivity contribution in [1.82, 2.24) is 0 Å². The quantitative estimate of drug-likeness (QED) is 0.776. The van der Waals surface area contributed by atoms with E-state index in [1.165, 1.54) is 30.3 Å². The van der Waals surface area contributed by atoms with E-state index in [1.54, 1.807) is 19.1 Å². The molecule has 0 spiro atoms. The number of halogens is 1. The smallest absolute Gasteiger partial charge is 0.338 e. The Morgan fingerprint density at radius 3 is 2.36 bits per heavy atom. The fraction of sp³-hybridized carbons (Fsp3) is 0.278. The number of nitrogens with two attached hydrogens (primary N) is 1. The molecule has 25 heavy (non-hydrogen) atoms. The minimum atomic E-state index is -3.78. The molecular formula is C18H20ClNO4S. The van der Waals surface area contributed by atoms with Gasteiger partial charge in [0.2, 0.25) is 9.84 Å². The minimum absolute atomic E-state index is 0.00711. The van der Waals surface area contributed by atoms with E-state index in [0.29, 0.717) is 6.42 Å². The number of esters is 1. The van der Waals surface area contributed by atoms with Gasteiger partial charge in [-0.2, -0.15) is 0 Å². The molecule has 0 aliphatic carbocycles. The summed E-state index contributed by atoms with van der Waals surface area (Å²) in [7, 11) is -3.78. The molecule has 7 heteroatoms. The van der Waals surface area contributed by atoms with Crippen molar-refractivity contribution in [3.8, 4) is 0 Å². The maximum Gasteiger partial charge on any atom is 0.338 e. The van der Waals surface area contributed by atoms with Crippen LogP contribution in [0.25, 0.3) is 0 Å². The van der Waals surface area contributed by atoms with Crippen LogP contribution in [-0.4, -0.2) is 27.0 Å². The summed E-state index contributed by atoms with van der Waals surface area (Å²) in [5.74, 6) is -0.548. The van der Waals surface area contributed by atoms with Gasteiger partial charge in [-0.3, -0.25) is 0 Å². The van der Waals surface area contributed by atoms with Crippen molar-refractivity contribution in [2.24, 2.45) is 5.73 Å². The fourth-order valence-electron chi connectivity index (χ4n) is 2.36. The summed E-state index contributed by atoms with van der Waals surface area (Å²) in [6.07, 6.45) is 0.662. The molecule has 2 N–H and O–H groups in total. The van der Waals surface area contributed by atoms with Crippen molar-refractivity contribution >= 4 is 27.4 Å². The number of hydrogen-bond donors (Lipinski definition) is 1. The minimum Gasteiger partial charge on any atom is -0.462 e. The van der Waals surface area contributed by atoms with Gasteiger partial charge < -0.3 is 10.5 Å². The number of hydrogen-bond acceptors (Lipinski definition) is 5. The Bertz CT molecular complexity index is 861. The van der Waals surface area contributed by atoms with Gasteiger partial charge in [0.25, 0.3) is 0 Å². The number of ether oxygens (including phenoxy) is 1. The Balaban J connectivity index is 2.34. The van der Waals surface area contributed by atoms with Crippen molar-refractivity contribution in [2.75, 3.05) is 6.61 Å². The summed E-state index contributed by atoms with van der Waals surface area (Å²) in [4.78, 5) is 11.8. The molecule has 0 bridgehead atoms. The summed E-state index contributed by atoms with van der Waals surface area (Å²) >= 11 is 6.10. The van der Waals surface area contributed by atoms with E-state index in [-0.39, 0.29) is 33.0 Å². The molecule has 0 radical (unpaired) electrons. The van der Waals surface area contributed by atoms with Crippen LogP contribution in [0.2, 0.25) is 5.02 Å². The van der Waals surface area contributed by atoms with Gasteiger partial charge in [-0.25, -0.2) is 13.2 Å². The van der Waals surface area contributed by atoms with Gasteiger partial charge in [0, 0.05) is 6.04 Å². The lowest BCUT2D eigenvalue weighted by Crippen LogP contribution is -2.17. The molecule has 0 aliphatic rings. The molecule has 1 atom stereocenters. The summed E-state index contributed by atoms with van der Waals surface area (Å²) in [5, 5.41) is -0.0230. The van der Waals surface area contributed by atoms with Gasteiger partial charge in [-0.15, -0.1) is 0 Å². The molecule has 2 aromatic rings. The van der Waals surface area contributed by atoms with E-state index in [4.69, 9.17) is 22.1 Å². The summed E-state index contributed by atoms with van der Waals surface area (Å²) in [6.45, 7) is 3.80. The lowest BCUT2D eigenvalue weighted by atomic mass is 10.1. The zero-order valence-electron chi connectivity index (χ0n) is 14.0. The Morgan fingerprint density at radius 1 is 1.20 bits per heavy atom. The molecule has 0 saturated heterocycles. The highest BCUT2D eigenvalue weighted by Gasteiger charge is 2.22. The molecule has 134 valence electrons. The summed E-state index contributed by atoms with van der Waals surface area (Å²) < 4.78 is 30.4. The number of sulfone groups is 1. The summed E-state index contributed by atoms with van der Waals surface area (Å²) in [5.41, 5.74) is 6.91. The first kappa shape index (κ1) is 19.4. The van der Waals surface area contributed by atoms with Crippen LogP contribution in [0.5, 0.6) is 0 Å². The normalized spacial score (nSPS) is 12.6.